The average molecular weight is 1640 g/mol. The third kappa shape index (κ3) is 23.9. The molecule has 6 saturated heterocycles. The topological polar surface area (TPSA) is 844 Å². The van der Waals surface area contributed by atoms with Gasteiger partial charge >= 0.3 is 80.3 Å². The molecule has 6 aliphatic heterocycles. The number of amides is 3. The summed E-state index contributed by atoms with van der Waals surface area (Å²) in [5, 5.41) is 128. The van der Waals surface area contributed by atoms with Gasteiger partial charge in [-0.3, -0.25) is 41.7 Å². The molecule has 0 spiro atoms. The standard InChI is InChI=1S/C42H65N3O52S6/c1-7(46)43-13-23(16(49)10(84-37(13)62)4-81-98(63,64)65)87-41-30(96-102(75,76)77)21(54)26(32(93-41)35(58)59)90-39-15(45-9(3)48)25(18(51)12(86-39)6-83-100(69,70)71)89-42-31(97-103(78,79)80)22(55)27(33(94-42)36(60)61)91-38-14(44-8(2)47)24(17(50)11(85-38)5-82-99(66,67)68)88-40-29(95-101(72,73)74)20(53)19(52)28(92-40)34(56)57/h10-33,37-42,49-55,62H,4-6H2,1-3H3,(H,43,46)(H,44,47)(H,45,48)(H,56,57)(H,58,59)(H,60,61)(H,63,64,65)(H,66,67,68)(H,69,70,71)(H,72,73,74)(H,75,76,77)(H,78,79,80)/t10-,11-,12-,13-,14-,15-,16+,17+,18+,19+,20+,21+,22+,23-,24-,25-,26+,27+,28+,29-,30-,31-,32+,33+,37-,38+,39+,40-,41-,42-/m1/s1. The van der Waals surface area contributed by atoms with Gasteiger partial charge in [0.15, 0.2) is 74.4 Å². The molecule has 55 nitrogen and oxygen atoms in total. The molecule has 0 aliphatic carbocycles. The number of nitrogens with one attached hydrogen (secondary N) is 3. The Morgan fingerprint density at radius 2 is 0.573 bits per heavy atom. The van der Waals surface area contributed by atoms with Gasteiger partial charge in [0.1, 0.15) is 110 Å². The van der Waals surface area contributed by atoms with Crippen molar-refractivity contribution < 1.29 is 240 Å². The number of aliphatic carboxylic acids is 3. The molecule has 0 aromatic rings. The fourth-order valence-corrected chi connectivity index (χ4v) is 13.1. The summed E-state index contributed by atoms with van der Waals surface area (Å²) in [7, 11) is -35.0. The van der Waals surface area contributed by atoms with Crippen LogP contribution in [-0.4, -0.2) is 373 Å². The van der Waals surface area contributed by atoms with Crippen LogP contribution in [0, 0.1) is 0 Å². The second kappa shape index (κ2) is 34.2. The first-order valence-corrected chi connectivity index (χ1v) is 36.2. The highest BCUT2D eigenvalue weighted by Gasteiger charge is 2.62. The molecule has 20 N–H and O–H groups in total. The summed E-state index contributed by atoms with van der Waals surface area (Å²) < 4.78 is 288. The van der Waals surface area contributed by atoms with Crippen molar-refractivity contribution in [1.82, 2.24) is 16.0 Å². The minimum Gasteiger partial charge on any atom is -0.479 e. The summed E-state index contributed by atoms with van der Waals surface area (Å²) in [5.74, 6) is -10.8. The number of rotatable bonds is 31. The summed E-state index contributed by atoms with van der Waals surface area (Å²) >= 11 is 0. The Labute approximate surface area is 576 Å². The van der Waals surface area contributed by atoms with Crippen molar-refractivity contribution in [3.63, 3.8) is 0 Å². The Morgan fingerprint density at radius 3 is 0.854 bits per heavy atom. The Morgan fingerprint density at radius 1 is 0.311 bits per heavy atom. The minimum absolute atomic E-state index is 0.595. The van der Waals surface area contributed by atoms with Crippen molar-refractivity contribution in [3.05, 3.63) is 0 Å². The zero-order valence-electron chi connectivity index (χ0n) is 51.3. The lowest BCUT2D eigenvalue weighted by atomic mass is 9.93. The van der Waals surface area contributed by atoms with Gasteiger partial charge in [-0.2, -0.15) is 50.5 Å². The van der Waals surface area contributed by atoms with E-state index in [4.69, 9.17) is 56.7 Å². The molecule has 0 saturated carbocycles. The monoisotopic (exact) mass is 1640 g/mol. The molecular formula is C42H65N3O52S6. The van der Waals surface area contributed by atoms with Crippen LogP contribution in [0.15, 0.2) is 0 Å². The van der Waals surface area contributed by atoms with Gasteiger partial charge in [0.2, 0.25) is 17.7 Å². The molecule has 30 atom stereocenters. The molecule has 6 aliphatic rings. The molecule has 0 radical (unpaired) electrons. The number of aliphatic hydroxyl groups is 8. The van der Waals surface area contributed by atoms with Gasteiger partial charge in [0.25, 0.3) is 0 Å². The van der Waals surface area contributed by atoms with E-state index in [-0.39, 0.29) is 0 Å². The first kappa shape index (κ1) is 87.2. The molecule has 6 fully saturated rings. The fourth-order valence-electron chi connectivity index (χ4n) is 10.7. The third-order valence-corrected chi connectivity index (χ3v) is 17.5. The molecule has 3 amide bonds. The average Bonchev–Trinajstić information content (AvgIpc) is 0.761. The second-order valence-electron chi connectivity index (χ2n) is 22.2. The SMILES string of the molecule is CC(=O)N[C@@H]1[C@@H](O[C@@H]2O[C@H](C(=O)O)[C@@H](O[C@@H]3O[C@H](COS(=O)(=O)O)[C@H](O)[C@H](O[C@@H]4O[C@H](C(=O)O)[C@@H](O[C@@H]5O[C@H](COS(=O)(=O)O)[C@H](O)[C@H](O[C@@H]6O[C@H](C(=O)O)[C@@H](O)[C@H](O)[C@H]6OS(=O)(=O)O)[C@H]5NC(C)=O)[C@H](O)[C@H]4OS(=O)(=O)O)[C@H]3NC(C)=O)[C@H](O)[C@H]2OS(=O)(=O)O)[C@@H](O)[C@@H](COS(=O)(=O)O)O[C@H]1O. The molecule has 0 aromatic carbocycles. The van der Waals surface area contributed by atoms with Crippen LogP contribution in [0.4, 0.5) is 0 Å². The first-order chi connectivity index (χ1) is 47.0. The van der Waals surface area contributed by atoms with E-state index < -0.39 is 302 Å². The van der Waals surface area contributed by atoms with E-state index in [1.165, 1.54) is 0 Å². The maximum absolute atomic E-state index is 13.4. The normalized spacial score (nSPS) is 39.5. The second-order valence-corrected chi connectivity index (χ2v) is 28.6. The Hall–Kier alpha value is -4.72. The number of aliphatic hydroxyl groups excluding tert-OH is 8. The van der Waals surface area contributed by atoms with Crippen molar-refractivity contribution in [2.75, 3.05) is 19.8 Å². The predicted molar refractivity (Wildman–Crippen MR) is 298 cm³/mol. The van der Waals surface area contributed by atoms with Gasteiger partial charge in [-0.1, -0.05) is 0 Å². The summed E-state index contributed by atoms with van der Waals surface area (Å²) in [5.41, 5.74) is 0. The number of carboxylic acids is 3. The van der Waals surface area contributed by atoms with Crippen molar-refractivity contribution in [3.8, 4) is 0 Å². The lowest BCUT2D eigenvalue weighted by Gasteiger charge is -2.51. The van der Waals surface area contributed by atoms with Crippen LogP contribution in [0.25, 0.3) is 0 Å². The van der Waals surface area contributed by atoms with E-state index in [0.29, 0.717) is 13.8 Å². The van der Waals surface area contributed by atoms with E-state index in [0.717, 1.165) is 6.92 Å². The summed E-state index contributed by atoms with van der Waals surface area (Å²) in [6.45, 7) is -2.86. The van der Waals surface area contributed by atoms with Crippen molar-refractivity contribution in [1.29, 1.82) is 0 Å². The largest absolute Gasteiger partial charge is 0.479 e. The first-order valence-electron chi connectivity index (χ1n) is 28.0. The highest BCUT2D eigenvalue weighted by atomic mass is 32.3. The van der Waals surface area contributed by atoms with Gasteiger partial charge in [-0.05, 0) is 0 Å². The third-order valence-electron chi connectivity index (χ3n) is 14.8. The lowest BCUT2D eigenvalue weighted by Crippen LogP contribution is -2.72. The van der Waals surface area contributed by atoms with Crippen LogP contribution in [0.3, 0.4) is 0 Å². The quantitative estimate of drug-likeness (QED) is 0.0287. The zero-order chi connectivity index (χ0) is 78.0. The molecule has 61 heteroatoms. The van der Waals surface area contributed by atoms with Crippen LogP contribution in [-0.2, 0) is 168 Å². The summed E-state index contributed by atoms with van der Waals surface area (Å²) in [4.78, 5) is 76.9. The Kier molecular flexibility index (Phi) is 29.0. The van der Waals surface area contributed by atoms with E-state index in [9.17, 15) is 158 Å². The van der Waals surface area contributed by atoms with Crippen LogP contribution in [0.5, 0.6) is 0 Å². The zero-order valence-corrected chi connectivity index (χ0v) is 56.2. The molecule has 0 bridgehead atoms. The summed E-state index contributed by atoms with van der Waals surface area (Å²) in [6.07, 6.45) is -76.3. The van der Waals surface area contributed by atoms with Crippen LogP contribution in [0.2, 0.25) is 0 Å². The number of ether oxygens (including phenoxy) is 11. The highest BCUT2D eigenvalue weighted by Crippen LogP contribution is 2.40. The van der Waals surface area contributed by atoms with Gasteiger partial charge in [-0.15, -0.1) is 0 Å². The molecular weight excluding hydrogens is 1570 g/mol. The van der Waals surface area contributed by atoms with Gasteiger partial charge in [0, 0.05) is 20.8 Å². The van der Waals surface area contributed by atoms with Crippen LogP contribution < -0.4 is 16.0 Å². The lowest BCUT2D eigenvalue weighted by molar-refractivity contribution is -0.374. The molecule has 0 aromatic heterocycles. The van der Waals surface area contributed by atoms with Gasteiger partial charge < -0.3 is 124 Å². The number of carbonyl (C=O) groups is 6. The van der Waals surface area contributed by atoms with Crippen molar-refractivity contribution >= 4 is 98.0 Å². The maximum atomic E-state index is 13.4. The van der Waals surface area contributed by atoms with Crippen LogP contribution >= 0.6 is 0 Å². The predicted octanol–water partition coefficient (Wildman–Crippen LogP) is -14.4. The van der Waals surface area contributed by atoms with Crippen molar-refractivity contribution in [2.24, 2.45) is 0 Å². The molecule has 6 rings (SSSR count). The molecule has 103 heavy (non-hydrogen) atoms. The molecule has 6 heterocycles. The van der Waals surface area contributed by atoms with E-state index in [1.807, 2.05) is 16.0 Å². The number of carboxylic acid groups (broad SMARTS) is 3. The highest BCUT2D eigenvalue weighted by molar-refractivity contribution is 7.82. The maximum Gasteiger partial charge on any atom is 0.397 e. The van der Waals surface area contributed by atoms with E-state index >= 15 is 0 Å². The van der Waals surface area contributed by atoms with Crippen molar-refractivity contribution in [2.45, 2.75) is 205 Å². The van der Waals surface area contributed by atoms with Gasteiger partial charge in [-0.25, -0.2) is 39.5 Å². The van der Waals surface area contributed by atoms with Crippen LogP contribution in [0.1, 0.15) is 20.8 Å². The van der Waals surface area contributed by atoms with E-state index in [2.05, 4.69) is 25.1 Å². The fraction of sp³-hybridized carbons (Fsp3) is 0.857. The minimum atomic E-state index is -6.23. The smallest absolute Gasteiger partial charge is 0.397 e. The Bertz CT molecular complexity index is 3740. The Balaban J connectivity index is 1.44. The van der Waals surface area contributed by atoms with E-state index in [1.54, 1.807) is 0 Å². The molecule has 0 unspecified atom stereocenters. The summed E-state index contributed by atoms with van der Waals surface area (Å²) in [6, 6.07) is -7.31. The number of hydrogen-bond donors (Lipinski definition) is 20. The molecule has 596 valence electrons. The number of carbonyl (C=O) groups excluding carboxylic acids is 3. The van der Waals surface area contributed by atoms with Gasteiger partial charge in [0.05, 0.1) is 19.8 Å². The number of hydrogen-bond acceptors (Lipinski definition) is 43.